The van der Waals surface area contributed by atoms with Gasteiger partial charge in [0.15, 0.2) is 0 Å². The minimum absolute atomic E-state index is 0.0587. The molecule has 78 valence electrons. The van der Waals surface area contributed by atoms with Gasteiger partial charge < -0.3 is 10.1 Å². The Balaban J connectivity index is 2.77. The molecule has 0 unspecified atom stereocenters. The molecule has 0 aromatic heterocycles. The average Bonchev–Trinajstić information content (AvgIpc) is 2.26. The van der Waals surface area contributed by atoms with E-state index in [1.807, 2.05) is 6.07 Å². The van der Waals surface area contributed by atoms with Gasteiger partial charge in [-0.05, 0) is 18.2 Å². The van der Waals surface area contributed by atoms with Crippen LogP contribution in [0.3, 0.4) is 0 Å². The Labute approximate surface area is 86.3 Å². The van der Waals surface area contributed by atoms with Crippen LogP contribution in [-0.4, -0.2) is 19.6 Å². The number of anilines is 1. The van der Waals surface area contributed by atoms with Crippen molar-refractivity contribution in [3.05, 3.63) is 29.6 Å². The number of rotatable bonds is 3. The summed E-state index contributed by atoms with van der Waals surface area (Å²) >= 11 is 0. The Morgan fingerprint density at radius 1 is 1.67 bits per heavy atom. The van der Waals surface area contributed by atoms with Crippen molar-refractivity contribution in [1.29, 1.82) is 5.26 Å². The summed E-state index contributed by atoms with van der Waals surface area (Å²) in [5.74, 6) is -0.946. The van der Waals surface area contributed by atoms with E-state index in [1.165, 1.54) is 19.2 Å². The van der Waals surface area contributed by atoms with Gasteiger partial charge in [0.05, 0.1) is 18.4 Å². The fraction of sp³-hybridized carbons (Fsp3) is 0.200. The molecule has 5 heteroatoms. The van der Waals surface area contributed by atoms with Gasteiger partial charge in [-0.2, -0.15) is 5.26 Å². The number of hydrogen-bond acceptors (Lipinski definition) is 4. The maximum absolute atomic E-state index is 12.7. The number of halogens is 1. The summed E-state index contributed by atoms with van der Waals surface area (Å²) in [6, 6.07) is 5.53. The Bertz CT molecular complexity index is 412. The predicted octanol–water partition coefficient (Wildman–Crippen LogP) is 1.28. The van der Waals surface area contributed by atoms with E-state index >= 15 is 0 Å². The van der Waals surface area contributed by atoms with E-state index in [-0.39, 0.29) is 12.1 Å². The molecule has 0 aliphatic carbocycles. The highest BCUT2D eigenvalue weighted by molar-refractivity contribution is 5.75. The second-order valence-corrected chi connectivity index (χ2v) is 2.73. The zero-order valence-corrected chi connectivity index (χ0v) is 8.08. The summed E-state index contributed by atoms with van der Waals surface area (Å²) < 4.78 is 17.1. The summed E-state index contributed by atoms with van der Waals surface area (Å²) in [4.78, 5) is 10.8. The van der Waals surface area contributed by atoms with Gasteiger partial charge in [-0.3, -0.25) is 4.79 Å². The molecule has 1 N–H and O–H groups in total. The highest BCUT2D eigenvalue weighted by Crippen LogP contribution is 2.15. The third-order valence-electron chi connectivity index (χ3n) is 1.75. The van der Waals surface area contributed by atoms with Crippen molar-refractivity contribution in [2.45, 2.75) is 0 Å². The van der Waals surface area contributed by atoms with E-state index in [9.17, 15) is 9.18 Å². The molecule has 0 spiro atoms. The van der Waals surface area contributed by atoms with Gasteiger partial charge in [-0.1, -0.05) is 0 Å². The Hall–Kier alpha value is -2.09. The van der Waals surface area contributed by atoms with Gasteiger partial charge in [-0.25, -0.2) is 4.39 Å². The Kier molecular flexibility index (Phi) is 3.63. The summed E-state index contributed by atoms with van der Waals surface area (Å²) in [7, 11) is 1.26. The number of esters is 1. The van der Waals surface area contributed by atoms with E-state index in [1.54, 1.807) is 0 Å². The van der Waals surface area contributed by atoms with Gasteiger partial charge in [0.1, 0.15) is 18.4 Å². The third kappa shape index (κ3) is 2.95. The van der Waals surface area contributed by atoms with Crippen LogP contribution >= 0.6 is 0 Å². The van der Waals surface area contributed by atoms with Crippen LogP contribution in [0.15, 0.2) is 18.2 Å². The first kappa shape index (κ1) is 11.0. The number of ether oxygens (including phenoxy) is 1. The smallest absolute Gasteiger partial charge is 0.325 e. The van der Waals surface area contributed by atoms with Gasteiger partial charge in [0.2, 0.25) is 0 Å². The molecule has 0 heterocycles. The zero-order chi connectivity index (χ0) is 11.3. The maximum atomic E-state index is 12.7. The van der Waals surface area contributed by atoms with Crippen molar-refractivity contribution in [2.75, 3.05) is 19.0 Å². The van der Waals surface area contributed by atoms with Crippen LogP contribution in [0.4, 0.5) is 10.1 Å². The topological polar surface area (TPSA) is 62.1 Å². The zero-order valence-electron chi connectivity index (χ0n) is 8.08. The summed E-state index contributed by atoms with van der Waals surface area (Å²) in [5.41, 5.74) is 0.559. The first-order chi connectivity index (χ1) is 7.17. The fourth-order valence-corrected chi connectivity index (χ4v) is 1.00. The second-order valence-electron chi connectivity index (χ2n) is 2.73. The van der Waals surface area contributed by atoms with Crippen LogP contribution in [0, 0.1) is 17.1 Å². The monoisotopic (exact) mass is 208 g/mol. The molecule has 0 saturated heterocycles. The number of carbonyl (C=O) groups excluding carboxylic acids is 1. The van der Waals surface area contributed by atoms with Crippen LogP contribution < -0.4 is 5.32 Å². The largest absolute Gasteiger partial charge is 0.468 e. The number of nitrogens with one attached hydrogen (secondary N) is 1. The maximum Gasteiger partial charge on any atom is 0.325 e. The van der Waals surface area contributed by atoms with Crippen molar-refractivity contribution in [1.82, 2.24) is 0 Å². The number of nitrogens with zero attached hydrogens (tertiary/aromatic N) is 1. The van der Waals surface area contributed by atoms with Gasteiger partial charge in [0.25, 0.3) is 0 Å². The van der Waals surface area contributed by atoms with Gasteiger partial charge in [-0.15, -0.1) is 0 Å². The fourth-order valence-electron chi connectivity index (χ4n) is 1.00. The second kappa shape index (κ2) is 4.96. The Morgan fingerprint density at radius 3 is 3.00 bits per heavy atom. The minimum Gasteiger partial charge on any atom is -0.468 e. The van der Waals surface area contributed by atoms with Crippen molar-refractivity contribution in [2.24, 2.45) is 0 Å². The summed E-state index contributed by atoms with van der Waals surface area (Å²) in [6.07, 6.45) is 0. The van der Waals surface area contributed by atoms with Gasteiger partial charge >= 0.3 is 5.97 Å². The average molecular weight is 208 g/mol. The molecule has 0 aliphatic heterocycles. The number of nitriles is 1. The van der Waals surface area contributed by atoms with Crippen molar-refractivity contribution in [3.63, 3.8) is 0 Å². The lowest BCUT2D eigenvalue weighted by Gasteiger charge is -2.06. The van der Waals surface area contributed by atoms with Crippen LogP contribution in [-0.2, 0) is 9.53 Å². The molecular weight excluding hydrogens is 199 g/mol. The minimum atomic E-state index is -0.491. The molecule has 4 nitrogen and oxygen atoms in total. The molecule has 0 atom stereocenters. The standard InChI is InChI=1S/C10H9FN2O2/c1-15-10(14)6-13-9-3-2-8(11)4-7(9)5-12/h2-4,13H,6H2,1H3. The Morgan fingerprint density at radius 2 is 2.40 bits per heavy atom. The van der Waals surface area contributed by atoms with Crippen LogP contribution in [0.25, 0.3) is 0 Å². The normalized spacial score (nSPS) is 9.13. The number of benzene rings is 1. The molecular formula is C10H9FN2O2. The molecule has 0 saturated carbocycles. The quantitative estimate of drug-likeness (QED) is 0.760. The highest BCUT2D eigenvalue weighted by Gasteiger charge is 2.05. The van der Waals surface area contributed by atoms with E-state index in [0.29, 0.717) is 5.69 Å². The lowest BCUT2D eigenvalue weighted by molar-refractivity contribution is -0.138. The number of hydrogen-bond donors (Lipinski definition) is 1. The summed E-state index contributed by atoms with van der Waals surface area (Å²) in [6.45, 7) is -0.0587. The SMILES string of the molecule is COC(=O)CNc1ccc(F)cc1C#N. The van der Waals surface area contributed by atoms with Crippen LogP contribution in [0.1, 0.15) is 5.56 Å². The molecule has 0 bridgehead atoms. The van der Waals surface area contributed by atoms with E-state index in [2.05, 4.69) is 10.1 Å². The molecule has 0 amide bonds. The molecule has 0 fully saturated rings. The van der Waals surface area contributed by atoms with Crippen LogP contribution in [0.2, 0.25) is 0 Å². The first-order valence-corrected chi connectivity index (χ1v) is 4.17. The molecule has 0 aliphatic rings. The van der Waals surface area contributed by atoms with E-state index in [0.717, 1.165) is 6.07 Å². The van der Waals surface area contributed by atoms with Crippen molar-refractivity contribution in [3.8, 4) is 6.07 Å². The molecule has 1 aromatic rings. The first-order valence-electron chi connectivity index (χ1n) is 4.17. The molecule has 1 rings (SSSR count). The number of carbonyl (C=O) groups is 1. The third-order valence-corrected chi connectivity index (χ3v) is 1.75. The van der Waals surface area contributed by atoms with Crippen LogP contribution in [0.5, 0.6) is 0 Å². The molecule has 1 aromatic carbocycles. The predicted molar refractivity (Wildman–Crippen MR) is 51.6 cm³/mol. The van der Waals surface area contributed by atoms with E-state index < -0.39 is 11.8 Å². The van der Waals surface area contributed by atoms with Crippen molar-refractivity contribution < 1.29 is 13.9 Å². The molecule has 0 radical (unpaired) electrons. The lowest BCUT2D eigenvalue weighted by atomic mass is 10.2. The number of methoxy groups -OCH3 is 1. The molecule has 15 heavy (non-hydrogen) atoms. The lowest BCUT2D eigenvalue weighted by Crippen LogP contribution is -2.15. The van der Waals surface area contributed by atoms with Gasteiger partial charge in [0, 0.05) is 0 Å². The highest BCUT2D eigenvalue weighted by atomic mass is 19.1. The van der Waals surface area contributed by atoms with Crippen molar-refractivity contribution >= 4 is 11.7 Å². The summed E-state index contributed by atoms with van der Waals surface area (Å²) in [5, 5.41) is 11.4. The van der Waals surface area contributed by atoms with E-state index in [4.69, 9.17) is 5.26 Å².